The maximum atomic E-state index is 12.0. The van der Waals surface area contributed by atoms with E-state index in [0.29, 0.717) is 5.56 Å². The first-order valence-electron chi connectivity index (χ1n) is 6.62. The normalized spacial score (nSPS) is 10.5. The van der Waals surface area contributed by atoms with Crippen LogP contribution in [0.4, 0.5) is 0 Å². The molecule has 0 spiro atoms. The van der Waals surface area contributed by atoms with Crippen LogP contribution in [0.2, 0.25) is 0 Å². The van der Waals surface area contributed by atoms with E-state index >= 15 is 0 Å². The number of methoxy groups -OCH3 is 1. The Morgan fingerprint density at radius 3 is 2.38 bits per heavy atom. The van der Waals surface area contributed by atoms with E-state index in [-0.39, 0.29) is 5.97 Å². The van der Waals surface area contributed by atoms with Crippen LogP contribution in [-0.2, 0) is 4.74 Å². The quantitative estimate of drug-likeness (QED) is 0.650. The van der Waals surface area contributed by atoms with Crippen LogP contribution >= 0.6 is 11.8 Å². The zero-order valence-electron chi connectivity index (χ0n) is 11.6. The molecule has 3 aromatic carbocycles. The van der Waals surface area contributed by atoms with E-state index < -0.39 is 0 Å². The summed E-state index contributed by atoms with van der Waals surface area (Å²) < 4.78 is 4.90. The number of benzene rings is 3. The van der Waals surface area contributed by atoms with Crippen molar-refractivity contribution in [1.82, 2.24) is 0 Å². The minimum Gasteiger partial charge on any atom is -0.465 e. The molecule has 0 unspecified atom stereocenters. The summed E-state index contributed by atoms with van der Waals surface area (Å²) in [6.07, 6.45) is 0. The van der Waals surface area contributed by atoms with Crippen molar-refractivity contribution >= 4 is 28.5 Å². The van der Waals surface area contributed by atoms with Crippen molar-refractivity contribution in [3.63, 3.8) is 0 Å². The van der Waals surface area contributed by atoms with E-state index in [1.165, 1.54) is 7.11 Å². The third-order valence-electron chi connectivity index (χ3n) is 3.22. The summed E-state index contributed by atoms with van der Waals surface area (Å²) in [6, 6.07) is 22.0. The standard InChI is InChI=1S/C18H14O2S/c1-20-18(19)17-12-15(21-14-8-3-2-4-9-14)11-13-7-5-6-10-16(13)17/h2-12H,1H3. The average molecular weight is 294 g/mol. The second-order valence-corrected chi connectivity index (χ2v) is 5.75. The molecular formula is C18H14O2S. The zero-order valence-corrected chi connectivity index (χ0v) is 12.4. The number of fused-ring (bicyclic) bond motifs is 1. The van der Waals surface area contributed by atoms with Crippen LogP contribution in [0, 0.1) is 0 Å². The SMILES string of the molecule is COC(=O)c1cc(Sc2ccccc2)cc2ccccc12. The van der Waals surface area contributed by atoms with E-state index in [2.05, 4.69) is 18.2 Å². The molecular weight excluding hydrogens is 280 g/mol. The molecule has 21 heavy (non-hydrogen) atoms. The predicted octanol–water partition coefficient (Wildman–Crippen LogP) is 4.78. The molecule has 0 saturated carbocycles. The van der Waals surface area contributed by atoms with Crippen molar-refractivity contribution in [3.05, 3.63) is 72.3 Å². The third-order valence-corrected chi connectivity index (χ3v) is 4.20. The van der Waals surface area contributed by atoms with Gasteiger partial charge in [0.1, 0.15) is 0 Å². The van der Waals surface area contributed by atoms with Gasteiger partial charge in [0.2, 0.25) is 0 Å². The van der Waals surface area contributed by atoms with Crippen molar-refractivity contribution in [1.29, 1.82) is 0 Å². The number of ether oxygens (including phenoxy) is 1. The molecule has 0 saturated heterocycles. The van der Waals surface area contributed by atoms with Gasteiger partial charge in [0, 0.05) is 9.79 Å². The van der Waals surface area contributed by atoms with Gasteiger partial charge in [-0.2, -0.15) is 0 Å². The Labute approximate surface area is 127 Å². The summed E-state index contributed by atoms with van der Waals surface area (Å²) in [7, 11) is 1.41. The molecule has 3 heteroatoms. The summed E-state index contributed by atoms with van der Waals surface area (Å²) in [5.74, 6) is -0.304. The molecule has 0 N–H and O–H groups in total. The van der Waals surface area contributed by atoms with Gasteiger partial charge in [-0.05, 0) is 35.0 Å². The van der Waals surface area contributed by atoms with E-state index in [9.17, 15) is 4.79 Å². The van der Waals surface area contributed by atoms with Crippen molar-refractivity contribution < 1.29 is 9.53 Å². The molecule has 3 rings (SSSR count). The zero-order chi connectivity index (χ0) is 14.7. The highest BCUT2D eigenvalue weighted by Crippen LogP contribution is 2.32. The van der Waals surface area contributed by atoms with E-state index in [1.807, 2.05) is 48.5 Å². The van der Waals surface area contributed by atoms with Gasteiger partial charge in [0.05, 0.1) is 12.7 Å². The molecule has 0 heterocycles. The fourth-order valence-corrected chi connectivity index (χ4v) is 3.17. The van der Waals surface area contributed by atoms with Crippen molar-refractivity contribution in [2.75, 3.05) is 7.11 Å². The summed E-state index contributed by atoms with van der Waals surface area (Å²) in [6.45, 7) is 0. The molecule has 0 amide bonds. The van der Waals surface area contributed by atoms with Gasteiger partial charge in [-0.3, -0.25) is 0 Å². The van der Waals surface area contributed by atoms with Gasteiger partial charge < -0.3 is 4.74 Å². The van der Waals surface area contributed by atoms with Crippen molar-refractivity contribution in [3.8, 4) is 0 Å². The average Bonchev–Trinajstić information content (AvgIpc) is 2.54. The molecule has 0 aliphatic carbocycles. The topological polar surface area (TPSA) is 26.3 Å². The maximum Gasteiger partial charge on any atom is 0.338 e. The number of rotatable bonds is 3. The molecule has 0 aliphatic heterocycles. The highest BCUT2D eigenvalue weighted by molar-refractivity contribution is 7.99. The summed E-state index contributed by atoms with van der Waals surface area (Å²) in [4.78, 5) is 14.2. The van der Waals surface area contributed by atoms with Crippen LogP contribution < -0.4 is 0 Å². The Morgan fingerprint density at radius 2 is 1.62 bits per heavy atom. The molecule has 0 radical (unpaired) electrons. The van der Waals surface area contributed by atoms with Crippen LogP contribution in [-0.4, -0.2) is 13.1 Å². The van der Waals surface area contributed by atoms with Crippen molar-refractivity contribution in [2.24, 2.45) is 0 Å². The monoisotopic (exact) mass is 294 g/mol. The molecule has 0 atom stereocenters. The Bertz CT molecular complexity index is 782. The lowest BCUT2D eigenvalue weighted by Crippen LogP contribution is -2.02. The van der Waals surface area contributed by atoms with Crippen molar-refractivity contribution in [2.45, 2.75) is 9.79 Å². The fraction of sp³-hybridized carbons (Fsp3) is 0.0556. The first-order valence-corrected chi connectivity index (χ1v) is 7.43. The Kier molecular flexibility index (Phi) is 3.93. The molecule has 0 aliphatic rings. The minimum atomic E-state index is -0.304. The molecule has 0 aromatic heterocycles. The highest BCUT2D eigenvalue weighted by Gasteiger charge is 2.12. The predicted molar refractivity (Wildman–Crippen MR) is 85.9 cm³/mol. The number of carbonyl (C=O) groups excluding carboxylic acids is 1. The van der Waals surface area contributed by atoms with Crippen LogP contribution in [0.1, 0.15) is 10.4 Å². The molecule has 3 aromatic rings. The lowest BCUT2D eigenvalue weighted by molar-refractivity contribution is 0.0602. The first kappa shape index (κ1) is 13.7. The van der Waals surface area contributed by atoms with Crippen LogP contribution in [0.3, 0.4) is 0 Å². The summed E-state index contributed by atoms with van der Waals surface area (Å²) in [5.41, 5.74) is 0.606. The van der Waals surface area contributed by atoms with Crippen LogP contribution in [0.25, 0.3) is 10.8 Å². The van der Waals surface area contributed by atoms with E-state index in [0.717, 1.165) is 20.6 Å². The Balaban J connectivity index is 2.10. The number of hydrogen-bond acceptors (Lipinski definition) is 3. The molecule has 2 nitrogen and oxygen atoms in total. The van der Waals surface area contributed by atoms with E-state index in [1.54, 1.807) is 11.8 Å². The van der Waals surface area contributed by atoms with E-state index in [4.69, 9.17) is 4.74 Å². The Morgan fingerprint density at radius 1 is 0.905 bits per heavy atom. The molecule has 104 valence electrons. The Hall–Kier alpha value is -2.26. The van der Waals surface area contributed by atoms with Crippen LogP contribution in [0.15, 0.2) is 76.5 Å². The summed E-state index contributed by atoms with van der Waals surface area (Å²) >= 11 is 1.64. The van der Waals surface area contributed by atoms with Crippen LogP contribution in [0.5, 0.6) is 0 Å². The smallest absolute Gasteiger partial charge is 0.338 e. The lowest BCUT2D eigenvalue weighted by atomic mass is 10.0. The number of carbonyl (C=O) groups is 1. The lowest BCUT2D eigenvalue weighted by Gasteiger charge is -2.09. The second-order valence-electron chi connectivity index (χ2n) is 4.60. The van der Waals surface area contributed by atoms with Gasteiger partial charge in [-0.25, -0.2) is 4.79 Å². The first-order chi connectivity index (χ1) is 10.3. The third kappa shape index (κ3) is 2.93. The van der Waals surface area contributed by atoms with Gasteiger partial charge in [0.25, 0.3) is 0 Å². The van der Waals surface area contributed by atoms with Gasteiger partial charge in [-0.15, -0.1) is 0 Å². The van der Waals surface area contributed by atoms with Gasteiger partial charge in [-0.1, -0.05) is 54.2 Å². The molecule has 0 fully saturated rings. The summed E-state index contributed by atoms with van der Waals surface area (Å²) in [5, 5.41) is 1.96. The number of esters is 1. The maximum absolute atomic E-state index is 12.0. The second kappa shape index (κ2) is 6.02. The number of hydrogen-bond donors (Lipinski definition) is 0. The fourth-order valence-electron chi connectivity index (χ4n) is 2.25. The van der Waals surface area contributed by atoms with Gasteiger partial charge in [0.15, 0.2) is 0 Å². The minimum absolute atomic E-state index is 0.304. The molecule has 0 bridgehead atoms. The largest absolute Gasteiger partial charge is 0.465 e. The van der Waals surface area contributed by atoms with Gasteiger partial charge >= 0.3 is 5.97 Å². The highest BCUT2D eigenvalue weighted by atomic mass is 32.2.